The Kier molecular flexibility index (Phi) is 7.05. The van der Waals surface area contributed by atoms with Crippen molar-refractivity contribution >= 4 is 40.5 Å². The van der Waals surface area contributed by atoms with Gasteiger partial charge in [-0.2, -0.15) is 13.2 Å². The van der Waals surface area contributed by atoms with Gasteiger partial charge in [0.2, 0.25) is 5.91 Å². The van der Waals surface area contributed by atoms with Crippen molar-refractivity contribution in [2.45, 2.75) is 13.1 Å². The van der Waals surface area contributed by atoms with E-state index < -0.39 is 17.6 Å². The molecule has 3 aromatic carbocycles. The van der Waals surface area contributed by atoms with Crippen molar-refractivity contribution < 1.29 is 22.8 Å². The first kappa shape index (κ1) is 23.1. The zero-order valence-corrected chi connectivity index (χ0v) is 17.6. The number of hydrogen-bond acceptors (Lipinski definition) is 3. The van der Waals surface area contributed by atoms with Crippen LogP contribution >= 0.6 is 11.6 Å². The third-order valence-electron chi connectivity index (χ3n) is 4.48. The van der Waals surface area contributed by atoms with Crippen molar-refractivity contribution in [3.63, 3.8) is 0 Å². The van der Waals surface area contributed by atoms with Gasteiger partial charge >= 0.3 is 6.18 Å². The molecular formula is C23H19ClF3N3O2. The van der Waals surface area contributed by atoms with Crippen LogP contribution < -0.4 is 16.0 Å². The van der Waals surface area contributed by atoms with Gasteiger partial charge in [0.15, 0.2) is 0 Å². The molecule has 0 radical (unpaired) electrons. The summed E-state index contributed by atoms with van der Waals surface area (Å²) >= 11 is 6.06. The Bertz CT molecular complexity index is 1150. The number of nitrogens with one attached hydrogen (secondary N) is 3. The van der Waals surface area contributed by atoms with Gasteiger partial charge in [-0.1, -0.05) is 29.8 Å². The third kappa shape index (κ3) is 6.24. The number of carbonyl (C=O) groups excluding carboxylic acids is 2. The highest BCUT2D eigenvalue weighted by molar-refractivity contribution is 6.31. The van der Waals surface area contributed by atoms with Gasteiger partial charge in [-0.25, -0.2) is 0 Å². The van der Waals surface area contributed by atoms with Gasteiger partial charge in [0.05, 0.1) is 12.1 Å². The van der Waals surface area contributed by atoms with Gasteiger partial charge in [-0.3, -0.25) is 9.59 Å². The molecule has 32 heavy (non-hydrogen) atoms. The van der Waals surface area contributed by atoms with Crippen molar-refractivity contribution in [2.75, 3.05) is 22.5 Å². The average Bonchev–Trinajstić information content (AvgIpc) is 2.74. The zero-order valence-electron chi connectivity index (χ0n) is 16.9. The largest absolute Gasteiger partial charge is 0.416 e. The Hall–Kier alpha value is -3.52. The fraction of sp³-hybridized carbons (Fsp3) is 0.130. The molecule has 5 nitrogen and oxygen atoms in total. The Labute approximate surface area is 187 Å². The van der Waals surface area contributed by atoms with Gasteiger partial charge in [0.1, 0.15) is 0 Å². The summed E-state index contributed by atoms with van der Waals surface area (Å²) in [5.41, 5.74) is 1.31. The predicted molar refractivity (Wildman–Crippen MR) is 119 cm³/mol. The third-order valence-corrected chi connectivity index (χ3v) is 4.89. The topological polar surface area (TPSA) is 70.2 Å². The lowest BCUT2D eigenvalue weighted by Crippen LogP contribution is -2.22. The Balaban J connectivity index is 1.61. The standard InChI is InChI=1S/C23H19ClF3N3O2/c1-14-8-9-17(12-20(14)24)28-13-21(31)29-18-6-2-4-15(10-18)22(32)30-19-7-3-5-16(11-19)23(25,26)27/h2-12,28H,13H2,1H3,(H,29,31)(H,30,32). The van der Waals surface area contributed by atoms with E-state index in [1.807, 2.05) is 13.0 Å². The molecule has 0 fully saturated rings. The fourth-order valence-electron chi connectivity index (χ4n) is 2.81. The number of carbonyl (C=O) groups is 2. The summed E-state index contributed by atoms with van der Waals surface area (Å²) in [6.07, 6.45) is -4.51. The Morgan fingerprint density at radius 1 is 0.875 bits per heavy atom. The number of alkyl halides is 3. The average molecular weight is 462 g/mol. The minimum Gasteiger partial charge on any atom is -0.376 e. The second-order valence-electron chi connectivity index (χ2n) is 6.98. The summed E-state index contributed by atoms with van der Waals surface area (Å²) in [4.78, 5) is 24.7. The van der Waals surface area contributed by atoms with Crippen LogP contribution in [0.3, 0.4) is 0 Å². The van der Waals surface area contributed by atoms with Gasteiger partial charge in [-0.15, -0.1) is 0 Å². The van der Waals surface area contributed by atoms with Crippen LogP contribution in [0, 0.1) is 6.92 Å². The van der Waals surface area contributed by atoms with Gasteiger partial charge in [0.25, 0.3) is 5.91 Å². The molecule has 3 aromatic rings. The van der Waals surface area contributed by atoms with Crippen LogP contribution in [-0.2, 0) is 11.0 Å². The number of hydrogen-bond donors (Lipinski definition) is 3. The molecule has 0 atom stereocenters. The van der Waals surface area contributed by atoms with Crippen LogP contribution in [0.15, 0.2) is 66.7 Å². The molecule has 0 saturated carbocycles. The van der Waals surface area contributed by atoms with Crippen molar-refractivity contribution in [1.82, 2.24) is 0 Å². The van der Waals surface area contributed by atoms with E-state index in [4.69, 9.17) is 11.6 Å². The molecule has 0 heterocycles. The first-order chi connectivity index (χ1) is 15.1. The molecule has 166 valence electrons. The highest BCUT2D eigenvalue weighted by Gasteiger charge is 2.30. The highest BCUT2D eigenvalue weighted by Crippen LogP contribution is 2.30. The van der Waals surface area contributed by atoms with Crippen LogP contribution in [0.5, 0.6) is 0 Å². The fourth-order valence-corrected chi connectivity index (χ4v) is 2.99. The van der Waals surface area contributed by atoms with Crippen molar-refractivity contribution in [1.29, 1.82) is 0 Å². The second kappa shape index (κ2) is 9.74. The van der Waals surface area contributed by atoms with Gasteiger partial charge in [-0.05, 0) is 61.0 Å². The summed E-state index contributed by atoms with van der Waals surface area (Å²) in [7, 11) is 0. The molecule has 0 unspecified atom stereocenters. The maximum atomic E-state index is 12.8. The number of halogens is 4. The molecule has 0 aliphatic heterocycles. The molecular weight excluding hydrogens is 443 g/mol. The summed E-state index contributed by atoms with van der Waals surface area (Å²) in [6, 6.07) is 15.8. The minimum absolute atomic E-state index is 0.0141. The molecule has 0 aromatic heterocycles. The van der Waals surface area contributed by atoms with Crippen LogP contribution in [-0.4, -0.2) is 18.4 Å². The summed E-state index contributed by atoms with van der Waals surface area (Å²) < 4.78 is 38.5. The first-order valence-corrected chi connectivity index (χ1v) is 9.88. The minimum atomic E-state index is -4.51. The lowest BCUT2D eigenvalue weighted by atomic mass is 10.1. The van der Waals surface area contributed by atoms with Gasteiger partial charge in [0, 0.05) is 27.6 Å². The van der Waals surface area contributed by atoms with Crippen LogP contribution in [0.25, 0.3) is 0 Å². The highest BCUT2D eigenvalue weighted by atomic mass is 35.5. The van der Waals surface area contributed by atoms with Crippen LogP contribution in [0.4, 0.5) is 30.2 Å². The molecule has 0 saturated heterocycles. The van der Waals surface area contributed by atoms with Crippen molar-refractivity contribution in [3.8, 4) is 0 Å². The molecule has 0 bridgehead atoms. The normalized spacial score (nSPS) is 11.0. The summed E-state index contributed by atoms with van der Waals surface area (Å²) in [5, 5.41) is 8.63. The van der Waals surface area contributed by atoms with E-state index in [1.54, 1.807) is 24.3 Å². The Morgan fingerprint density at radius 2 is 1.56 bits per heavy atom. The van der Waals surface area contributed by atoms with E-state index >= 15 is 0 Å². The van der Waals surface area contributed by atoms with E-state index in [0.717, 1.165) is 17.7 Å². The molecule has 0 spiro atoms. The quantitative estimate of drug-likeness (QED) is 0.423. The molecule has 3 N–H and O–H groups in total. The van der Waals surface area contributed by atoms with E-state index in [9.17, 15) is 22.8 Å². The van der Waals surface area contributed by atoms with Crippen molar-refractivity contribution in [2.24, 2.45) is 0 Å². The molecule has 9 heteroatoms. The predicted octanol–water partition coefficient (Wildman–Crippen LogP) is 5.97. The smallest absolute Gasteiger partial charge is 0.376 e. The summed E-state index contributed by atoms with van der Waals surface area (Å²) in [6.45, 7) is 1.84. The number of rotatable bonds is 6. The molecule has 2 amide bonds. The maximum absolute atomic E-state index is 12.8. The van der Waals surface area contributed by atoms with Crippen LogP contribution in [0.2, 0.25) is 5.02 Å². The number of anilines is 3. The molecule has 0 aliphatic carbocycles. The lowest BCUT2D eigenvalue weighted by Gasteiger charge is -2.11. The number of amides is 2. The zero-order chi connectivity index (χ0) is 23.3. The van der Waals surface area contributed by atoms with E-state index in [2.05, 4.69) is 16.0 Å². The van der Waals surface area contributed by atoms with E-state index in [1.165, 1.54) is 24.3 Å². The first-order valence-electron chi connectivity index (χ1n) is 9.50. The lowest BCUT2D eigenvalue weighted by molar-refractivity contribution is -0.137. The second-order valence-corrected chi connectivity index (χ2v) is 7.39. The number of aryl methyl sites for hydroxylation is 1. The molecule has 3 rings (SSSR count). The maximum Gasteiger partial charge on any atom is 0.416 e. The van der Waals surface area contributed by atoms with Gasteiger partial charge < -0.3 is 16.0 Å². The van der Waals surface area contributed by atoms with Crippen LogP contribution in [0.1, 0.15) is 21.5 Å². The monoisotopic (exact) mass is 461 g/mol. The summed E-state index contributed by atoms with van der Waals surface area (Å²) in [5.74, 6) is -0.954. The van der Waals surface area contributed by atoms with E-state index in [-0.39, 0.29) is 23.7 Å². The SMILES string of the molecule is Cc1ccc(NCC(=O)Nc2cccc(C(=O)Nc3cccc(C(F)(F)F)c3)c2)cc1Cl. The Morgan fingerprint density at radius 3 is 2.25 bits per heavy atom. The number of benzene rings is 3. The molecule has 0 aliphatic rings. The van der Waals surface area contributed by atoms with E-state index in [0.29, 0.717) is 16.4 Å². The van der Waals surface area contributed by atoms with Crippen molar-refractivity contribution in [3.05, 3.63) is 88.4 Å².